The van der Waals surface area contributed by atoms with E-state index in [-0.39, 0.29) is 31.1 Å². The van der Waals surface area contributed by atoms with Gasteiger partial charge in [0.1, 0.15) is 13.2 Å². The molecule has 0 heterocycles. The molecule has 356 valence electrons. The van der Waals surface area contributed by atoms with E-state index < -0.39 is 6.10 Å². The summed E-state index contributed by atoms with van der Waals surface area (Å²) in [5.74, 6) is -0.0630. The van der Waals surface area contributed by atoms with E-state index in [4.69, 9.17) is 14.2 Å². The summed E-state index contributed by atoms with van der Waals surface area (Å²) in [6.45, 7) is 8.99. The molecule has 1 atom stereocenters. The van der Waals surface area contributed by atoms with Gasteiger partial charge < -0.3 is 14.2 Å². The molecule has 0 bridgehead atoms. The Balaban J connectivity index is 4.26. The van der Waals surface area contributed by atoms with E-state index in [1.54, 1.807) is 0 Å². The average Bonchev–Trinajstić information content (AvgIpc) is 3.23. The van der Waals surface area contributed by atoms with Crippen molar-refractivity contribution in [1.82, 2.24) is 0 Å². The number of unbranched alkanes of at least 4 members (excludes halogenated alkanes) is 36. The van der Waals surface area contributed by atoms with Crippen molar-refractivity contribution in [2.24, 2.45) is 5.92 Å². The van der Waals surface area contributed by atoms with Crippen molar-refractivity contribution >= 4 is 17.9 Å². The van der Waals surface area contributed by atoms with Crippen molar-refractivity contribution < 1.29 is 28.6 Å². The van der Waals surface area contributed by atoms with Gasteiger partial charge in [-0.2, -0.15) is 0 Å². The zero-order valence-corrected chi connectivity index (χ0v) is 40.9. The van der Waals surface area contributed by atoms with E-state index in [1.807, 2.05) is 0 Å². The fourth-order valence-electron chi connectivity index (χ4n) is 8.22. The quantitative estimate of drug-likeness (QED) is 0.0345. The summed E-state index contributed by atoms with van der Waals surface area (Å²) in [5, 5.41) is 0. The van der Waals surface area contributed by atoms with Crippen LogP contribution in [0.15, 0.2) is 0 Å². The fourth-order valence-corrected chi connectivity index (χ4v) is 8.22. The molecule has 0 rings (SSSR count). The Kier molecular flexibility index (Phi) is 47.2. The Morgan fingerprint density at radius 1 is 0.317 bits per heavy atom. The van der Waals surface area contributed by atoms with Crippen LogP contribution in [0.2, 0.25) is 0 Å². The fraction of sp³-hybridized carbons (Fsp3) is 0.944. The summed E-state index contributed by atoms with van der Waals surface area (Å²) < 4.78 is 16.8. The smallest absolute Gasteiger partial charge is 0.306 e. The van der Waals surface area contributed by atoms with Gasteiger partial charge in [0.05, 0.1) is 0 Å². The first kappa shape index (κ1) is 58.4. The van der Waals surface area contributed by atoms with Crippen LogP contribution in [0.4, 0.5) is 0 Å². The second-order valence-corrected chi connectivity index (χ2v) is 19.0. The number of hydrogen-bond donors (Lipinski definition) is 0. The average molecular weight is 849 g/mol. The van der Waals surface area contributed by atoms with Crippen molar-refractivity contribution in [3.8, 4) is 0 Å². The Labute approximate surface area is 374 Å². The Bertz CT molecular complexity index is 903. The molecule has 60 heavy (non-hydrogen) atoms. The van der Waals surface area contributed by atoms with E-state index in [9.17, 15) is 14.4 Å². The van der Waals surface area contributed by atoms with Crippen LogP contribution in [-0.2, 0) is 28.6 Å². The number of carbonyl (C=O) groups is 3. The highest BCUT2D eigenvalue weighted by Crippen LogP contribution is 2.17. The molecular formula is C54H104O6. The van der Waals surface area contributed by atoms with Gasteiger partial charge in [-0.3, -0.25) is 14.4 Å². The molecule has 6 nitrogen and oxygen atoms in total. The van der Waals surface area contributed by atoms with Gasteiger partial charge in [0.15, 0.2) is 6.10 Å². The van der Waals surface area contributed by atoms with Crippen molar-refractivity contribution in [2.75, 3.05) is 13.2 Å². The van der Waals surface area contributed by atoms with Gasteiger partial charge >= 0.3 is 17.9 Å². The minimum absolute atomic E-state index is 0.0630. The highest BCUT2D eigenvalue weighted by atomic mass is 16.6. The third-order valence-corrected chi connectivity index (χ3v) is 12.3. The molecule has 0 spiro atoms. The van der Waals surface area contributed by atoms with Gasteiger partial charge in [-0.25, -0.2) is 0 Å². The van der Waals surface area contributed by atoms with Crippen LogP contribution in [-0.4, -0.2) is 37.2 Å². The van der Waals surface area contributed by atoms with Crippen LogP contribution in [0, 0.1) is 5.92 Å². The topological polar surface area (TPSA) is 78.9 Å². The van der Waals surface area contributed by atoms with Gasteiger partial charge in [-0.05, 0) is 25.2 Å². The van der Waals surface area contributed by atoms with Crippen LogP contribution in [0.1, 0.15) is 304 Å². The van der Waals surface area contributed by atoms with E-state index in [0.717, 1.165) is 63.7 Å². The first-order chi connectivity index (χ1) is 29.4. The Morgan fingerprint density at radius 3 is 0.817 bits per heavy atom. The molecule has 0 unspecified atom stereocenters. The highest BCUT2D eigenvalue weighted by Gasteiger charge is 2.19. The Morgan fingerprint density at radius 2 is 0.550 bits per heavy atom. The maximum absolute atomic E-state index is 12.8. The normalized spacial score (nSPS) is 11.9. The summed E-state index contributed by atoms with van der Waals surface area (Å²) >= 11 is 0. The standard InChI is InChI=1S/C54H104O6/c1-5-7-9-11-13-15-17-19-21-22-24-25-27-29-33-37-41-45-52(55)58-48-51(49-59-53(56)46-42-38-35-31-32-36-40-44-50(3)4)60-54(57)47-43-39-34-30-28-26-23-20-18-16-14-12-10-8-6-2/h50-51H,5-49H2,1-4H3/t51-/m1/s1. The predicted molar refractivity (Wildman–Crippen MR) is 257 cm³/mol. The summed E-state index contributed by atoms with van der Waals surface area (Å²) in [5.41, 5.74) is 0. The molecular weight excluding hydrogens is 745 g/mol. The van der Waals surface area contributed by atoms with Crippen LogP contribution < -0.4 is 0 Å². The first-order valence-corrected chi connectivity index (χ1v) is 26.9. The lowest BCUT2D eigenvalue weighted by atomic mass is 10.0. The van der Waals surface area contributed by atoms with Gasteiger partial charge in [-0.15, -0.1) is 0 Å². The van der Waals surface area contributed by atoms with Gasteiger partial charge in [0, 0.05) is 19.3 Å². The first-order valence-electron chi connectivity index (χ1n) is 26.9. The largest absolute Gasteiger partial charge is 0.462 e. The molecule has 0 aliphatic heterocycles. The van der Waals surface area contributed by atoms with Crippen molar-refractivity contribution in [3.05, 3.63) is 0 Å². The second kappa shape index (κ2) is 48.4. The van der Waals surface area contributed by atoms with E-state index in [2.05, 4.69) is 27.7 Å². The van der Waals surface area contributed by atoms with Crippen LogP contribution >= 0.6 is 0 Å². The van der Waals surface area contributed by atoms with Crippen molar-refractivity contribution in [2.45, 2.75) is 310 Å². The molecule has 0 aliphatic carbocycles. The summed E-state index contributed by atoms with van der Waals surface area (Å²) in [6, 6.07) is 0. The lowest BCUT2D eigenvalue weighted by molar-refractivity contribution is -0.167. The van der Waals surface area contributed by atoms with Gasteiger partial charge in [0.2, 0.25) is 0 Å². The molecule has 0 fully saturated rings. The molecule has 0 aliphatic rings. The lowest BCUT2D eigenvalue weighted by Crippen LogP contribution is -2.30. The third-order valence-electron chi connectivity index (χ3n) is 12.3. The highest BCUT2D eigenvalue weighted by molar-refractivity contribution is 5.71. The number of carbonyl (C=O) groups excluding carboxylic acids is 3. The SMILES string of the molecule is CCCCCCCCCCCCCCCCCCCC(=O)OC[C@H](COC(=O)CCCCCCCCCC(C)C)OC(=O)CCCCCCCCCCCCCCCCC. The maximum atomic E-state index is 12.8. The van der Waals surface area contributed by atoms with E-state index >= 15 is 0 Å². The monoisotopic (exact) mass is 849 g/mol. The van der Waals surface area contributed by atoms with E-state index in [0.29, 0.717) is 19.3 Å². The molecule has 0 radical (unpaired) electrons. The molecule has 0 aromatic heterocycles. The molecule has 0 aromatic rings. The molecule has 0 aromatic carbocycles. The van der Waals surface area contributed by atoms with Gasteiger partial charge in [0.25, 0.3) is 0 Å². The lowest BCUT2D eigenvalue weighted by Gasteiger charge is -2.18. The third kappa shape index (κ3) is 47.5. The van der Waals surface area contributed by atoms with Crippen molar-refractivity contribution in [3.63, 3.8) is 0 Å². The van der Waals surface area contributed by atoms with Gasteiger partial charge in [-0.1, -0.05) is 265 Å². The second-order valence-electron chi connectivity index (χ2n) is 19.0. The van der Waals surface area contributed by atoms with Crippen LogP contribution in [0.25, 0.3) is 0 Å². The zero-order chi connectivity index (χ0) is 43.8. The van der Waals surface area contributed by atoms with Crippen LogP contribution in [0.3, 0.4) is 0 Å². The minimum Gasteiger partial charge on any atom is -0.462 e. The Hall–Kier alpha value is -1.59. The molecule has 0 amide bonds. The number of ether oxygens (including phenoxy) is 3. The minimum atomic E-state index is -0.761. The molecule has 0 saturated heterocycles. The molecule has 0 saturated carbocycles. The number of rotatable bonds is 49. The summed E-state index contributed by atoms with van der Waals surface area (Å²) in [7, 11) is 0. The predicted octanol–water partition coefficient (Wildman–Crippen LogP) is 17.5. The number of hydrogen-bond acceptors (Lipinski definition) is 6. The van der Waals surface area contributed by atoms with E-state index in [1.165, 1.54) is 199 Å². The van der Waals surface area contributed by atoms with Crippen molar-refractivity contribution in [1.29, 1.82) is 0 Å². The maximum Gasteiger partial charge on any atom is 0.306 e. The molecule has 6 heteroatoms. The summed E-state index contributed by atoms with van der Waals surface area (Å²) in [6.07, 6.45) is 51.0. The zero-order valence-electron chi connectivity index (χ0n) is 40.9. The van der Waals surface area contributed by atoms with Crippen LogP contribution in [0.5, 0.6) is 0 Å². The number of esters is 3. The summed E-state index contributed by atoms with van der Waals surface area (Å²) in [4.78, 5) is 37.9. The molecule has 0 N–H and O–H groups in total.